The molecular weight excluding hydrogens is 350 g/mol. The lowest BCUT2D eigenvalue weighted by Gasteiger charge is -2.31. The summed E-state index contributed by atoms with van der Waals surface area (Å²) in [4.78, 5) is 29.6. The van der Waals surface area contributed by atoms with Crippen molar-refractivity contribution in [2.75, 3.05) is 30.3 Å². The fraction of sp³-hybridized carbons (Fsp3) is 0.263. The van der Waals surface area contributed by atoms with Crippen LogP contribution in [0.3, 0.4) is 0 Å². The second kappa shape index (κ2) is 7.61. The van der Waals surface area contributed by atoms with Crippen LogP contribution in [-0.2, 0) is 9.59 Å². The Bertz CT molecular complexity index is 842. The van der Waals surface area contributed by atoms with E-state index in [1.165, 1.54) is 16.2 Å². The molecular formula is C19H21N3O3S. The van der Waals surface area contributed by atoms with E-state index in [0.717, 1.165) is 4.88 Å². The molecule has 7 heteroatoms. The number of nitrogen functional groups attached to an aromatic ring is 1. The third kappa shape index (κ3) is 3.57. The van der Waals surface area contributed by atoms with E-state index in [0.29, 0.717) is 30.2 Å². The minimum absolute atomic E-state index is 0.0391. The molecule has 2 amide bonds. The van der Waals surface area contributed by atoms with Gasteiger partial charge in [-0.25, -0.2) is 0 Å². The van der Waals surface area contributed by atoms with E-state index >= 15 is 0 Å². The molecule has 2 aromatic rings. The van der Waals surface area contributed by atoms with Crippen LogP contribution in [0.25, 0.3) is 6.08 Å². The monoisotopic (exact) mass is 371 g/mol. The molecule has 0 saturated carbocycles. The number of nitrogens with zero attached hydrogens (tertiary/aromatic N) is 2. The number of hydrogen-bond acceptors (Lipinski definition) is 5. The first-order valence-electron chi connectivity index (χ1n) is 8.45. The van der Waals surface area contributed by atoms with Gasteiger partial charge in [0, 0.05) is 35.8 Å². The van der Waals surface area contributed by atoms with Crippen LogP contribution in [0.5, 0.6) is 5.75 Å². The molecule has 0 aliphatic carbocycles. The molecule has 0 unspecified atom stereocenters. The van der Waals surface area contributed by atoms with E-state index in [4.69, 9.17) is 10.5 Å². The highest BCUT2D eigenvalue weighted by atomic mass is 32.1. The average molecular weight is 371 g/mol. The van der Waals surface area contributed by atoms with Crippen molar-refractivity contribution in [1.82, 2.24) is 4.90 Å². The number of anilines is 2. The highest BCUT2D eigenvalue weighted by molar-refractivity contribution is 7.10. The zero-order valence-electron chi connectivity index (χ0n) is 14.8. The van der Waals surface area contributed by atoms with Crippen LogP contribution in [0.15, 0.2) is 41.5 Å². The van der Waals surface area contributed by atoms with Crippen molar-refractivity contribution in [3.8, 4) is 5.75 Å². The molecule has 6 nitrogen and oxygen atoms in total. The summed E-state index contributed by atoms with van der Waals surface area (Å²) in [5.74, 6) is 0.206. The van der Waals surface area contributed by atoms with Crippen molar-refractivity contribution in [3.05, 3.63) is 46.3 Å². The molecule has 1 aromatic carbocycles. The summed E-state index contributed by atoms with van der Waals surface area (Å²) in [7, 11) is 0. The maximum atomic E-state index is 13.0. The zero-order valence-corrected chi connectivity index (χ0v) is 15.6. The number of likely N-dealkylation sites (N-methyl/N-ethyl adjacent to an activating group) is 1. The van der Waals surface area contributed by atoms with Gasteiger partial charge in [-0.3, -0.25) is 14.5 Å². The van der Waals surface area contributed by atoms with Crippen molar-refractivity contribution >= 4 is 40.6 Å². The summed E-state index contributed by atoms with van der Waals surface area (Å²) in [6.45, 7) is 4.99. The minimum Gasteiger partial charge on any atom is -0.449 e. The molecule has 1 aliphatic heterocycles. The van der Waals surface area contributed by atoms with Crippen LogP contribution in [0.4, 0.5) is 11.4 Å². The van der Waals surface area contributed by atoms with Crippen molar-refractivity contribution in [3.63, 3.8) is 0 Å². The van der Waals surface area contributed by atoms with E-state index in [9.17, 15) is 9.59 Å². The van der Waals surface area contributed by atoms with Gasteiger partial charge in [-0.05, 0) is 37.4 Å². The summed E-state index contributed by atoms with van der Waals surface area (Å²) in [5.41, 5.74) is 6.94. The van der Waals surface area contributed by atoms with E-state index in [-0.39, 0.29) is 24.1 Å². The summed E-state index contributed by atoms with van der Waals surface area (Å²) >= 11 is 1.50. The number of fused-ring (bicyclic) bond motifs is 1. The molecule has 1 aromatic heterocycles. The Labute approximate surface area is 156 Å². The predicted octanol–water partition coefficient (Wildman–Crippen LogP) is 2.97. The van der Waals surface area contributed by atoms with Crippen LogP contribution < -0.4 is 15.4 Å². The highest BCUT2D eigenvalue weighted by Gasteiger charge is 2.32. The Morgan fingerprint density at radius 3 is 2.73 bits per heavy atom. The number of ether oxygens (including phenoxy) is 1. The lowest BCUT2D eigenvalue weighted by atomic mass is 10.2. The lowest BCUT2D eigenvalue weighted by Crippen LogP contribution is -2.45. The molecule has 3 rings (SSSR count). The number of nitrogens with two attached hydrogens (primary N) is 1. The summed E-state index contributed by atoms with van der Waals surface area (Å²) in [5, 5.41) is 1.92. The average Bonchev–Trinajstić information content (AvgIpc) is 3.12. The smallest absolute Gasteiger partial charge is 0.294 e. The maximum absolute atomic E-state index is 13.0. The van der Waals surface area contributed by atoms with Gasteiger partial charge in [-0.1, -0.05) is 6.07 Å². The van der Waals surface area contributed by atoms with Gasteiger partial charge >= 0.3 is 0 Å². The first kappa shape index (κ1) is 18.0. The largest absolute Gasteiger partial charge is 0.449 e. The predicted molar refractivity (Wildman–Crippen MR) is 104 cm³/mol. The van der Waals surface area contributed by atoms with Gasteiger partial charge in [0.05, 0.1) is 5.69 Å². The summed E-state index contributed by atoms with van der Waals surface area (Å²) in [6, 6.07) is 8.86. The third-order valence-corrected chi connectivity index (χ3v) is 5.00. The fourth-order valence-electron chi connectivity index (χ4n) is 2.80. The number of rotatable bonds is 5. The van der Waals surface area contributed by atoms with Gasteiger partial charge in [0.1, 0.15) is 6.54 Å². The van der Waals surface area contributed by atoms with Gasteiger partial charge in [0.15, 0.2) is 11.5 Å². The number of thiophene rings is 1. The summed E-state index contributed by atoms with van der Waals surface area (Å²) < 4.78 is 5.79. The topological polar surface area (TPSA) is 75.9 Å². The fourth-order valence-corrected chi connectivity index (χ4v) is 3.45. The SMILES string of the molecule is CCN(CC)C(=O)CN1C(=O)/C(=C\c2cccs2)Oc2cc(N)ccc21. The molecule has 2 heterocycles. The Balaban J connectivity index is 1.98. The van der Waals surface area contributed by atoms with E-state index < -0.39 is 0 Å². The second-order valence-electron chi connectivity index (χ2n) is 5.81. The number of carbonyl (C=O) groups is 2. The third-order valence-electron chi connectivity index (χ3n) is 4.18. The second-order valence-corrected chi connectivity index (χ2v) is 6.79. The van der Waals surface area contributed by atoms with Crippen LogP contribution >= 0.6 is 11.3 Å². The molecule has 0 atom stereocenters. The Hall–Kier alpha value is -2.80. The summed E-state index contributed by atoms with van der Waals surface area (Å²) in [6.07, 6.45) is 1.69. The van der Waals surface area contributed by atoms with Gasteiger partial charge in [-0.2, -0.15) is 0 Å². The van der Waals surface area contributed by atoms with Crippen LogP contribution in [0.1, 0.15) is 18.7 Å². The van der Waals surface area contributed by atoms with Gasteiger partial charge in [-0.15, -0.1) is 11.3 Å². The minimum atomic E-state index is -0.337. The normalized spacial score (nSPS) is 14.9. The molecule has 2 N–H and O–H groups in total. The van der Waals surface area contributed by atoms with E-state index in [1.807, 2.05) is 31.4 Å². The van der Waals surface area contributed by atoms with Crippen molar-refractivity contribution in [1.29, 1.82) is 0 Å². The first-order chi connectivity index (χ1) is 12.5. The molecule has 1 aliphatic rings. The zero-order chi connectivity index (χ0) is 18.7. The Morgan fingerprint density at radius 1 is 1.31 bits per heavy atom. The van der Waals surface area contributed by atoms with Crippen LogP contribution in [0.2, 0.25) is 0 Å². The number of hydrogen-bond donors (Lipinski definition) is 1. The van der Waals surface area contributed by atoms with Gasteiger partial charge < -0.3 is 15.4 Å². The standard InChI is InChI=1S/C19H21N3O3S/c1-3-21(4-2)18(23)12-22-15-8-7-13(20)10-16(15)25-17(19(22)24)11-14-6-5-9-26-14/h5-11H,3-4,12,20H2,1-2H3/b17-11+. The maximum Gasteiger partial charge on any atom is 0.294 e. The Kier molecular flexibility index (Phi) is 5.27. The quantitative estimate of drug-likeness (QED) is 0.648. The molecule has 0 saturated heterocycles. The highest BCUT2D eigenvalue weighted by Crippen LogP contribution is 2.37. The van der Waals surface area contributed by atoms with Crippen LogP contribution in [0, 0.1) is 0 Å². The molecule has 0 radical (unpaired) electrons. The van der Waals surface area contributed by atoms with Gasteiger partial charge in [0.2, 0.25) is 5.91 Å². The van der Waals surface area contributed by atoms with Crippen molar-refractivity contribution in [2.45, 2.75) is 13.8 Å². The number of carbonyl (C=O) groups excluding carboxylic acids is 2. The van der Waals surface area contributed by atoms with E-state index in [1.54, 1.807) is 29.2 Å². The number of benzene rings is 1. The molecule has 0 fully saturated rings. The van der Waals surface area contributed by atoms with Crippen molar-refractivity contribution < 1.29 is 14.3 Å². The van der Waals surface area contributed by atoms with Crippen LogP contribution in [-0.4, -0.2) is 36.3 Å². The molecule has 0 bridgehead atoms. The van der Waals surface area contributed by atoms with E-state index in [2.05, 4.69) is 0 Å². The lowest BCUT2D eigenvalue weighted by molar-refractivity contribution is -0.131. The van der Waals surface area contributed by atoms with Gasteiger partial charge in [0.25, 0.3) is 5.91 Å². The molecule has 0 spiro atoms. The molecule has 136 valence electrons. The molecule has 26 heavy (non-hydrogen) atoms. The Morgan fingerprint density at radius 2 is 2.08 bits per heavy atom. The van der Waals surface area contributed by atoms with Crippen molar-refractivity contribution in [2.24, 2.45) is 0 Å². The first-order valence-corrected chi connectivity index (χ1v) is 9.33. The number of amides is 2.